The van der Waals surface area contributed by atoms with Crippen molar-refractivity contribution < 1.29 is 21.6 Å². The number of ether oxygens (including phenoxy) is 1. The van der Waals surface area contributed by atoms with Crippen molar-refractivity contribution in [3.05, 3.63) is 24.3 Å². The number of benzene rings is 1. The second-order valence-corrected chi connectivity index (χ2v) is 8.94. The average molecular weight is 414 g/mol. The molecule has 1 heterocycles. The van der Waals surface area contributed by atoms with E-state index in [1.54, 1.807) is 0 Å². The molecule has 0 saturated carbocycles. The van der Waals surface area contributed by atoms with Crippen molar-refractivity contribution in [2.45, 2.75) is 16.7 Å². The van der Waals surface area contributed by atoms with Gasteiger partial charge in [-0.05, 0) is 30.8 Å². The fraction of sp³-hybridized carbons (Fsp3) is 0.571. The molecular formula is C14H24ClN3O5S2. The molecule has 0 spiro atoms. The molecule has 1 aromatic carbocycles. The number of hydrogen-bond donors (Lipinski definition) is 2. The Morgan fingerprint density at radius 2 is 1.56 bits per heavy atom. The van der Waals surface area contributed by atoms with E-state index in [1.807, 2.05) is 6.92 Å². The van der Waals surface area contributed by atoms with Crippen LogP contribution in [0.1, 0.15) is 6.92 Å². The van der Waals surface area contributed by atoms with Crippen molar-refractivity contribution in [3.8, 4) is 0 Å². The highest BCUT2D eigenvalue weighted by Crippen LogP contribution is 2.19. The Labute approximate surface area is 155 Å². The van der Waals surface area contributed by atoms with Crippen LogP contribution in [0, 0.1) is 0 Å². The van der Waals surface area contributed by atoms with Gasteiger partial charge < -0.3 is 10.1 Å². The molecule has 1 aliphatic heterocycles. The minimum absolute atomic E-state index is 0. The standard InChI is InChI=1S/C14H23N3O5S2.ClH/c1-2-15-7-8-16-23(18,19)13-3-5-14(6-4-13)24(20,21)17-9-11-22-12-10-17;/h3-6,15-16H,2,7-12H2,1H3;1H. The van der Waals surface area contributed by atoms with Crippen LogP contribution in [0.4, 0.5) is 0 Å². The maximum absolute atomic E-state index is 12.5. The van der Waals surface area contributed by atoms with E-state index in [-0.39, 0.29) is 28.7 Å². The highest BCUT2D eigenvalue weighted by molar-refractivity contribution is 7.89. The summed E-state index contributed by atoms with van der Waals surface area (Å²) >= 11 is 0. The Bertz CT molecular complexity index is 732. The first-order chi connectivity index (χ1) is 11.4. The van der Waals surface area contributed by atoms with Gasteiger partial charge in [-0.1, -0.05) is 6.92 Å². The summed E-state index contributed by atoms with van der Waals surface area (Å²) in [5.74, 6) is 0. The monoisotopic (exact) mass is 413 g/mol. The first-order valence-corrected chi connectivity index (χ1v) is 10.7. The van der Waals surface area contributed by atoms with Crippen molar-refractivity contribution in [1.29, 1.82) is 0 Å². The Kier molecular flexibility index (Phi) is 8.75. The Morgan fingerprint density at radius 3 is 2.12 bits per heavy atom. The predicted octanol–water partition coefficient (Wildman–Crippen LogP) is 0.0171. The number of likely N-dealkylation sites (N-methyl/N-ethyl adjacent to an activating group) is 1. The van der Waals surface area contributed by atoms with E-state index >= 15 is 0 Å². The van der Waals surface area contributed by atoms with Gasteiger partial charge in [-0.3, -0.25) is 0 Å². The van der Waals surface area contributed by atoms with Crippen molar-refractivity contribution in [3.63, 3.8) is 0 Å². The van der Waals surface area contributed by atoms with E-state index in [0.717, 1.165) is 6.54 Å². The normalized spacial score (nSPS) is 16.4. The van der Waals surface area contributed by atoms with Gasteiger partial charge in [0.25, 0.3) is 0 Å². The summed E-state index contributed by atoms with van der Waals surface area (Å²) in [4.78, 5) is 0.121. The fourth-order valence-corrected chi connectivity index (χ4v) is 4.70. The van der Waals surface area contributed by atoms with Crippen LogP contribution in [0.15, 0.2) is 34.1 Å². The predicted molar refractivity (Wildman–Crippen MR) is 97.0 cm³/mol. The summed E-state index contributed by atoms with van der Waals surface area (Å²) in [5.41, 5.74) is 0. The second kappa shape index (κ2) is 9.81. The number of hydrogen-bond acceptors (Lipinski definition) is 6. The fourth-order valence-electron chi connectivity index (χ4n) is 2.26. The van der Waals surface area contributed by atoms with Crippen LogP contribution >= 0.6 is 12.4 Å². The zero-order valence-corrected chi connectivity index (χ0v) is 16.4. The SMILES string of the molecule is CCNCCNS(=O)(=O)c1ccc(S(=O)(=O)N2CCOCC2)cc1.Cl. The second-order valence-electron chi connectivity index (χ2n) is 5.24. The number of sulfonamides is 2. The molecule has 0 aliphatic carbocycles. The highest BCUT2D eigenvalue weighted by atomic mass is 35.5. The molecule has 8 nitrogen and oxygen atoms in total. The number of rotatable bonds is 8. The van der Waals surface area contributed by atoms with Gasteiger partial charge >= 0.3 is 0 Å². The molecule has 1 aromatic rings. The summed E-state index contributed by atoms with van der Waals surface area (Å²) in [5, 5.41) is 3.02. The highest BCUT2D eigenvalue weighted by Gasteiger charge is 2.26. The molecule has 1 saturated heterocycles. The number of nitrogens with zero attached hydrogens (tertiary/aromatic N) is 1. The topological polar surface area (TPSA) is 105 Å². The van der Waals surface area contributed by atoms with Crippen molar-refractivity contribution >= 4 is 32.5 Å². The molecule has 0 aromatic heterocycles. The zero-order valence-electron chi connectivity index (χ0n) is 14.0. The molecule has 11 heteroatoms. The number of morpholine rings is 1. The largest absolute Gasteiger partial charge is 0.379 e. The van der Waals surface area contributed by atoms with Gasteiger partial charge in [0.2, 0.25) is 20.0 Å². The maximum atomic E-state index is 12.5. The number of nitrogens with one attached hydrogen (secondary N) is 2. The first-order valence-electron chi connectivity index (χ1n) is 7.76. The minimum Gasteiger partial charge on any atom is -0.379 e. The van der Waals surface area contributed by atoms with Gasteiger partial charge in [-0.25, -0.2) is 21.6 Å². The lowest BCUT2D eigenvalue weighted by molar-refractivity contribution is 0.0730. The van der Waals surface area contributed by atoms with Gasteiger partial charge in [0.05, 0.1) is 23.0 Å². The van der Waals surface area contributed by atoms with E-state index in [0.29, 0.717) is 32.8 Å². The average Bonchev–Trinajstić information content (AvgIpc) is 2.60. The third kappa shape index (κ3) is 5.88. The zero-order chi connectivity index (χ0) is 17.6. The van der Waals surface area contributed by atoms with Crippen LogP contribution in [0.5, 0.6) is 0 Å². The number of halogens is 1. The smallest absolute Gasteiger partial charge is 0.243 e. The summed E-state index contributed by atoms with van der Waals surface area (Å²) in [6, 6.07) is 5.26. The van der Waals surface area contributed by atoms with Crippen molar-refractivity contribution in [1.82, 2.24) is 14.3 Å². The molecule has 0 atom stereocenters. The Morgan fingerprint density at radius 1 is 1.00 bits per heavy atom. The van der Waals surface area contributed by atoms with Crippen LogP contribution in [0.2, 0.25) is 0 Å². The Hall–Kier alpha value is -0.750. The lowest BCUT2D eigenvalue weighted by Crippen LogP contribution is -2.40. The molecule has 0 bridgehead atoms. The van der Waals surface area contributed by atoms with Crippen molar-refractivity contribution in [2.24, 2.45) is 0 Å². The van der Waals surface area contributed by atoms with Crippen LogP contribution in [0.25, 0.3) is 0 Å². The van der Waals surface area contributed by atoms with E-state index in [4.69, 9.17) is 4.74 Å². The van der Waals surface area contributed by atoms with Gasteiger partial charge in [0.1, 0.15) is 0 Å². The van der Waals surface area contributed by atoms with Crippen LogP contribution in [-0.2, 0) is 24.8 Å². The summed E-state index contributed by atoms with van der Waals surface area (Å²) in [6.07, 6.45) is 0. The quantitative estimate of drug-likeness (QED) is 0.582. The summed E-state index contributed by atoms with van der Waals surface area (Å²) < 4.78 is 58.2. The van der Waals surface area contributed by atoms with Crippen LogP contribution in [0.3, 0.4) is 0 Å². The third-order valence-corrected chi connectivity index (χ3v) is 6.98. The summed E-state index contributed by atoms with van der Waals surface area (Å²) in [7, 11) is -7.27. The molecule has 2 rings (SSSR count). The van der Waals surface area contributed by atoms with Gasteiger partial charge in [0, 0.05) is 26.2 Å². The molecule has 1 fully saturated rings. The van der Waals surface area contributed by atoms with E-state index in [9.17, 15) is 16.8 Å². The molecule has 25 heavy (non-hydrogen) atoms. The van der Waals surface area contributed by atoms with Crippen LogP contribution < -0.4 is 10.0 Å². The van der Waals surface area contributed by atoms with Gasteiger partial charge in [-0.15, -0.1) is 12.4 Å². The molecule has 2 N–H and O–H groups in total. The molecule has 0 radical (unpaired) electrons. The van der Waals surface area contributed by atoms with E-state index < -0.39 is 20.0 Å². The van der Waals surface area contributed by atoms with E-state index in [1.165, 1.54) is 28.6 Å². The van der Waals surface area contributed by atoms with E-state index in [2.05, 4.69) is 10.0 Å². The summed E-state index contributed by atoms with van der Waals surface area (Å²) in [6.45, 7) is 4.81. The lowest BCUT2D eigenvalue weighted by Gasteiger charge is -2.26. The van der Waals surface area contributed by atoms with Gasteiger partial charge in [0.15, 0.2) is 0 Å². The minimum atomic E-state index is -3.65. The van der Waals surface area contributed by atoms with Crippen LogP contribution in [-0.4, -0.2) is 67.1 Å². The Balaban J connectivity index is 0.00000312. The molecular weight excluding hydrogens is 390 g/mol. The first kappa shape index (κ1) is 22.3. The molecule has 1 aliphatic rings. The molecule has 0 unspecified atom stereocenters. The molecule has 144 valence electrons. The maximum Gasteiger partial charge on any atom is 0.243 e. The molecule has 0 amide bonds. The van der Waals surface area contributed by atoms with Crippen molar-refractivity contribution in [2.75, 3.05) is 45.9 Å². The van der Waals surface area contributed by atoms with Gasteiger partial charge in [-0.2, -0.15) is 4.31 Å². The lowest BCUT2D eigenvalue weighted by atomic mass is 10.4. The third-order valence-electron chi connectivity index (χ3n) is 3.59.